The highest BCUT2D eigenvalue weighted by Crippen LogP contribution is 2.10. The molecule has 0 fully saturated rings. The van der Waals surface area contributed by atoms with Gasteiger partial charge in [-0.2, -0.15) is 0 Å². The average Bonchev–Trinajstić information content (AvgIpc) is 2.27. The van der Waals surface area contributed by atoms with E-state index in [2.05, 4.69) is 30.9 Å². The fourth-order valence-electron chi connectivity index (χ4n) is 0.816. The van der Waals surface area contributed by atoms with E-state index in [1.807, 2.05) is 12.1 Å². The van der Waals surface area contributed by atoms with E-state index in [0.29, 0.717) is 0 Å². The SMILES string of the molecule is Brc1nc2ncccc2[nH]1. The van der Waals surface area contributed by atoms with Crippen molar-refractivity contribution in [2.75, 3.05) is 0 Å². The minimum Gasteiger partial charge on any atom is -0.331 e. The maximum atomic E-state index is 4.06. The third-order valence-corrected chi connectivity index (χ3v) is 1.60. The zero-order chi connectivity index (χ0) is 6.97. The number of hydrogen-bond donors (Lipinski definition) is 1. The number of pyridine rings is 1. The second kappa shape index (κ2) is 2.05. The number of H-pyrrole nitrogens is 1. The molecule has 3 nitrogen and oxygen atoms in total. The smallest absolute Gasteiger partial charge is 0.178 e. The lowest BCUT2D eigenvalue weighted by Gasteiger charge is -1.80. The Bertz CT molecular complexity index is 322. The van der Waals surface area contributed by atoms with Crippen LogP contribution in [0.25, 0.3) is 11.2 Å². The van der Waals surface area contributed by atoms with Gasteiger partial charge in [-0.3, -0.25) is 0 Å². The van der Waals surface area contributed by atoms with Gasteiger partial charge in [0.1, 0.15) is 0 Å². The minimum absolute atomic E-state index is 0.723. The first kappa shape index (κ1) is 5.85. The van der Waals surface area contributed by atoms with E-state index < -0.39 is 0 Å². The predicted molar refractivity (Wildman–Crippen MR) is 41.6 cm³/mol. The van der Waals surface area contributed by atoms with Crippen molar-refractivity contribution < 1.29 is 0 Å². The van der Waals surface area contributed by atoms with Gasteiger partial charge < -0.3 is 4.98 Å². The Labute approximate surface area is 65.6 Å². The number of nitrogens with zero attached hydrogens (tertiary/aromatic N) is 2. The topological polar surface area (TPSA) is 41.6 Å². The van der Waals surface area contributed by atoms with E-state index in [9.17, 15) is 0 Å². The summed E-state index contributed by atoms with van der Waals surface area (Å²) in [5.41, 5.74) is 1.70. The molecule has 0 aliphatic heterocycles. The Kier molecular flexibility index (Phi) is 1.20. The fraction of sp³-hybridized carbons (Fsp3) is 0. The van der Waals surface area contributed by atoms with Gasteiger partial charge in [0.05, 0.1) is 5.52 Å². The van der Waals surface area contributed by atoms with Crippen LogP contribution in [0.15, 0.2) is 23.1 Å². The first-order valence-corrected chi connectivity index (χ1v) is 3.62. The third kappa shape index (κ3) is 0.806. The second-order valence-electron chi connectivity index (χ2n) is 1.90. The van der Waals surface area contributed by atoms with Crippen LogP contribution in [0.3, 0.4) is 0 Å². The number of aromatic amines is 1. The van der Waals surface area contributed by atoms with Crippen molar-refractivity contribution in [3.8, 4) is 0 Å². The van der Waals surface area contributed by atoms with Gasteiger partial charge >= 0.3 is 0 Å². The monoisotopic (exact) mass is 197 g/mol. The van der Waals surface area contributed by atoms with E-state index in [4.69, 9.17) is 0 Å². The summed E-state index contributed by atoms with van der Waals surface area (Å²) in [5, 5.41) is 0. The van der Waals surface area contributed by atoms with E-state index in [1.165, 1.54) is 0 Å². The summed E-state index contributed by atoms with van der Waals surface area (Å²) in [5.74, 6) is 0. The summed E-state index contributed by atoms with van der Waals surface area (Å²) >= 11 is 3.22. The van der Waals surface area contributed by atoms with Crippen LogP contribution in [0.2, 0.25) is 0 Å². The van der Waals surface area contributed by atoms with Crippen LogP contribution in [0.4, 0.5) is 0 Å². The molecule has 0 saturated heterocycles. The Morgan fingerprint density at radius 1 is 1.50 bits per heavy atom. The van der Waals surface area contributed by atoms with Crippen LogP contribution >= 0.6 is 15.9 Å². The first-order valence-electron chi connectivity index (χ1n) is 2.82. The minimum atomic E-state index is 0.723. The predicted octanol–water partition coefficient (Wildman–Crippen LogP) is 1.72. The molecule has 0 aromatic carbocycles. The van der Waals surface area contributed by atoms with E-state index in [0.717, 1.165) is 15.9 Å². The summed E-state index contributed by atoms with van der Waals surface area (Å²) < 4.78 is 0.723. The molecule has 1 N–H and O–H groups in total. The van der Waals surface area contributed by atoms with Crippen molar-refractivity contribution >= 4 is 27.1 Å². The van der Waals surface area contributed by atoms with Gasteiger partial charge in [0, 0.05) is 6.20 Å². The standard InChI is InChI=1S/C6H4BrN3/c7-6-9-4-2-1-3-8-5(4)10-6/h1-3H,(H,8,9,10). The van der Waals surface area contributed by atoms with E-state index in [1.54, 1.807) is 6.20 Å². The quantitative estimate of drug-likeness (QED) is 0.700. The molecular formula is C6H4BrN3. The van der Waals surface area contributed by atoms with Gasteiger partial charge in [-0.15, -0.1) is 0 Å². The third-order valence-electron chi connectivity index (χ3n) is 1.23. The number of fused-ring (bicyclic) bond motifs is 1. The molecule has 0 spiro atoms. The van der Waals surface area contributed by atoms with Crippen LogP contribution < -0.4 is 0 Å². The molecule has 0 amide bonds. The van der Waals surface area contributed by atoms with E-state index >= 15 is 0 Å². The number of hydrogen-bond acceptors (Lipinski definition) is 2. The summed E-state index contributed by atoms with van der Waals surface area (Å²) in [6.45, 7) is 0. The number of imidazole rings is 1. The Balaban J connectivity index is 2.88. The molecule has 10 heavy (non-hydrogen) atoms. The molecule has 0 bridgehead atoms. The van der Waals surface area contributed by atoms with Crippen LogP contribution in [-0.2, 0) is 0 Å². The summed E-state index contributed by atoms with van der Waals surface area (Å²) in [6, 6.07) is 3.80. The van der Waals surface area contributed by atoms with Crippen molar-refractivity contribution in [2.24, 2.45) is 0 Å². The van der Waals surface area contributed by atoms with Crippen LogP contribution in [0.1, 0.15) is 0 Å². The molecular weight excluding hydrogens is 194 g/mol. The molecule has 0 aliphatic carbocycles. The highest BCUT2D eigenvalue weighted by molar-refractivity contribution is 9.10. The number of nitrogens with one attached hydrogen (secondary N) is 1. The number of rotatable bonds is 0. The normalized spacial score (nSPS) is 10.5. The zero-order valence-corrected chi connectivity index (χ0v) is 6.59. The van der Waals surface area contributed by atoms with Gasteiger partial charge in [0.25, 0.3) is 0 Å². The molecule has 4 heteroatoms. The molecule has 0 atom stereocenters. The average molecular weight is 198 g/mol. The van der Waals surface area contributed by atoms with Gasteiger partial charge in [-0.1, -0.05) is 0 Å². The maximum absolute atomic E-state index is 4.06. The van der Waals surface area contributed by atoms with Crippen LogP contribution in [0.5, 0.6) is 0 Å². The lowest BCUT2D eigenvalue weighted by Crippen LogP contribution is -1.71. The molecule has 2 aromatic heterocycles. The van der Waals surface area contributed by atoms with Crippen molar-refractivity contribution in [1.29, 1.82) is 0 Å². The van der Waals surface area contributed by atoms with Gasteiger partial charge in [-0.05, 0) is 28.1 Å². The van der Waals surface area contributed by atoms with E-state index in [-0.39, 0.29) is 0 Å². The largest absolute Gasteiger partial charge is 0.331 e. The Morgan fingerprint density at radius 2 is 2.40 bits per heavy atom. The van der Waals surface area contributed by atoms with Gasteiger partial charge in [0.15, 0.2) is 10.4 Å². The maximum Gasteiger partial charge on any atom is 0.178 e. The zero-order valence-electron chi connectivity index (χ0n) is 5.00. The number of aromatic nitrogens is 3. The molecule has 0 aliphatic rings. The molecule has 0 saturated carbocycles. The lowest BCUT2D eigenvalue weighted by atomic mass is 10.4. The van der Waals surface area contributed by atoms with Crippen LogP contribution in [-0.4, -0.2) is 15.0 Å². The van der Waals surface area contributed by atoms with Crippen molar-refractivity contribution in [1.82, 2.24) is 15.0 Å². The van der Waals surface area contributed by atoms with Crippen LogP contribution in [0, 0.1) is 0 Å². The van der Waals surface area contributed by atoms with Gasteiger partial charge in [-0.25, -0.2) is 9.97 Å². The first-order chi connectivity index (χ1) is 4.86. The molecule has 2 rings (SSSR count). The summed E-state index contributed by atoms with van der Waals surface area (Å²) in [7, 11) is 0. The highest BCUT2D eigenvalue weighted by Gasteiger charge is 1.96. The van der Waals surface area contributed by atoms with Gasteiger partial charge in [0.2, 0.25) is 0 Å². The molecule has 50 valence electrons. The van der Waals surface area contributed by atoms with Crippen molar-refractivity contribution in [2.45, 2.75) is 0 Å². The molecule has 0 unspecified atom stereocenters. The van der Waals surface area contributed by atoms with Crippen molar-refractivity contribution in [3.63, 3.8) is 0 Å². The second-order valence-corrected chi connectivity index (χ2v) is 2.65. The highest BCUT2D eigenvalue weighted by atomic mass is 79.9. The number of halogens is 1. The lowest BCUT2D eigenvalue weighted by molar-refractivity contribution is 1.24. The molecule has 2 aromatic rings. The van der Waals surface area contributed by atoms with Crippen molar-refractivity contribution in [3.05, 3.63) is 23.1 Å². The molecule has 2 heterocycles. The summed E-state index contributed by atoms with van der Waals surface area (Å²) in [4.78, 5) is 11.1. The molecule has 0 radical (unpaired) electrons. The Hall–Kier alpha value is -0.900. The Morgan fingerprint density at radius 3 is 3.20 bits per heavy atom. The fourth-order valence-corrected chi connectivity index (χ4v) is 1.20. The summed E-state index contributed by atoms with van der Waals surface area (Å²) in [6.07, 6.45) is 1.72.